The zero-order valence-corrected chi connectivity index (χ0v) is 13.4. The molecule has 1 heterocycles. The lowest BCUT2D eigenvalue weighted by atomic mass is 10.2. The van der Waals surface area contributed by atoms with E-state index in [2.05, 4.69) is 14.9 Å². The number of ether oxygens (including phenoxy) is 1. The summed E-state index contributed by atoms with van der Waals surface area (Å²) in [5.41, 5.74) is 0.739. The predicted molar refractivity (Wildman–Crippen MR) is 85.9 cm³/mol. The predicted octanol–water partition coefficient (Wildman–Crippen LogP) is 2.14. The van der Waals surface area contributed by atoms with Crippen molar-refractivity contribution >= 4 is 22.6 Å². The fraction of sp³-hybridized carbons (Fsp3) is 0.286. The van der Waals surface area contributed by atoms with E-state index in [4.69, 9.17) is 4.74 Å². The van der Waals surface area contributed by atoms with Gasteiger partial charge in [0.2, 0.25) is 0 Å². The molecule has 0 unspecified atom stereocenters. The lowest BCUT2D eigenvalue weighted by Gasteiger charge is -2.03. The first-order valence-electron chi connectivity index (χ1n) is 6.11. The minimum absolute atomic E-state index is 0.141. The molecule has 0 saturated carbocycles. The van der Waals surface area contributed by atoms with Crippen LogP contribution in [0.4, 0.5) is 0 Å². The molecule has 1 aromatic carbocycles. The van der Waals surface area contributed by atoms with E-state index in [1.165, 1.54) is 4.68 Å². The molecule has 0 spiro atoms. The van der Waals surface area contributed by atoms with E-state index in [-0.39, 0.29) is 5.69 Å². The minimum atomic E-state index is -0.141. The van der Waals surface area contributed by atoms with Crippen LogP contribution in [0.3, 0.4) is 0 Å². The van der Waals surface area contributed by atoms with Gasteiger partial charge in [0.05, 0.1) is 7.11 Å². The van der Waals surface area contributed by atoms with E-state index in [0.717, 1.165) is 11.3 Å². The van der Waals surface area contributed by atoms with Crippen molar-refractivity contribution < 1.29 is 4.74 Å². The molecular formula is C14H14IN3O2. The molecule has 0 saturated heterocycles. The molecule has 0 fully saturated rings. The lowest BCUT2D eigenvalue weighted by molar-refractivity contribution is 0.415. The molecule has 104 valence electrons. The number of hydrogen-bond donors (Lipinski definition) is 0. The Bertz CT molecular complexity index is 705. The fourth-order valence-electron chi connectivity index (χ4n) is 1.89. The standard InChI is InChI=1S/C14H14IN3O2/c1-3-17-13(11-5-7-12(20-2)8-6-11)16-18(14(17)19)10-4-9-15/h5-8H,3,10H2,1-2H3. The Morgan fingerprint density at radius 1 is 1.35 bits per heavy atom. The van der Waals surface area contributed by atoms with Gasteiger partial charge in [-0.15, -0.1) is 5.10 Å². The second-order valence-corrected chi connectivity index (χ2v) is 4.55. The van der Waals surface area contributed by atoms with Gasteiger partial charge in [0.25, 0.3) is 0 Å². The van der Waals surface area contributed by atoms with E-state index in [1.807, 2.05) is 53.8 Å². The molecule has 0 N–H and O–H groups in total. The number of hydrogen-bond acceptors (Lipinski definition) is 3. The quantitative estimate of drug-likeness (QED) is 0.601. The number of aromatic nitrogens is 3. The van der Waals surface area contributed by atoms with Gasteiger partial charge in [0, 0.05) is 34.7 Å². The molecule has 0 amide bonds. The van der Waals surface area contributed by atoms with Crippen LogP contribution in [0.15, 0.2) is 29.1 Å². The van der Waals surface area contributed by atoms with Crippen LogP contribution in [0.2, 0.25) is 0 Å². The molecule has 5 nitrogen and oxygen atoms in total. The summed E-state index contributed by atoms with van der Waals surface area (Å²) in [6.45, 7) is 2.79. The Morgan fingerprint density at radius 3 is 2.60 bits per heavy atom. The summed E-state index contributed by atoms with van der Waals surface area (Å²) >= 11 is 1.95. The highest BCUT2D eigenvalue weighted by molar-refractivity contribution is 14.1. The normalized spacial score (nSPS) is 9.95. The van der Waals surface area contributed by atoms with Crippen molar-refractivity contribution in [3.05, 3.63) is 34.7 Å². The van der Waals surface area contributed by atoms with Gasteiger partial charge in [0.15, 0.2) is 5.82 Å². The number of benzene rings is 1. The third kappa shape index (κ3) is 2.88. The van der Waals surface area contributed by atoms with Crippen LogP contribution in [0.1, 0.15) is 6.92 Å². The number of nitrogens with zero attached hydrogens (tertiary/aromatic N) is 3. The highest BCUT2D eigenvalue weighted by Gasteiger charge is 2.13. The van der Waals surface area contributed by atoms with Gasteiger partial charge in [-0.3, -0.25) is 4.57 Å². The van der Waals surface area contributed by atoms with Crippen molar-refractivity contribution in [2.24, 2.45) is 0 Å². The largest absolute Gasteiger partial charge is 0.497 e. The third-order valence-corrected chi connectivity index (χ3v) is 3.26. The Balaban J connectivity index is 2.48. The maximum absolute atomic E-state index is 12.2. The molecule has 1 aromatic heterocycles. The first-order chi connectivity index (χ1) is 9.71. The average Bonchev–Trinajstić information content (AvgIpc) is 2.81. The highest BCUT2D eigenvalue weighted by Crippen LogP contribution is 2.19. The first kappa shape index (κ1) is 14.7. The molecular weight excluding hydrogens is 369 g/mol. The van der Waals surface area contributed by atoms with Crippen LogP contribution in [-0.4, -0.2) is 21.5 Å². The molecule has 0 bridgehead atoms. The average molecular weight is 383 g/mol. The van der Waals surface area contributed by atoms with Gasteiger partial charge in [-0.25, -0.2) is 9.48 Å². The lowest BCUT2D eigenvalue weighted by Crippen LogP contribution is -2.24. The summed E-state index contributed by atoms with van der Waals surface area (Å²) < 4.78 is 10.9. The molecule has 0 aliphatic carbocycles. The van der Waals surface area contributed by atoms with Crippen LogP contribution in [0, 0.1) is 9.85 Å². The van der Waals surface area contributed by atoms with Gasteiger partial charge < -0.3 is 4.74 Å². The van der Waals surface area contributed by atoms with Crippen LogP contribution < -0.4 is 10.4 Å². The Morgan fingerprint density at radius 2 is 2.05 bits per heavy atom. The van der Waals surface area contributed by atoms with Crippen molar-refractivity contribution in [1.29, 1.82) is 0 Å². The summed E-state index contributed by atoms with van der Waals surface area (Å²) in [6, 6.07) is 7.48. The van der Waals surface area contributed by atoms with E-state index < -0.39 is 0 Å². The minimum Gasteiger partial charge on any atom is -0.497 e. The number of methoxy groups -OCH3 is 1. The maximum Gasteiger partial charge on any atom is 0.347 e. The van der Waals surface area contributed by atoms with Crippen molar-refractivity contribution in [1.82, 2.24) is 14.3 Å². The monoisotopic (exact) mass is 383 g/mol. The zero-order chi connectivity index (χ0) is 14.5. The van der Waals surface area contributed by atoms with E-state index in [1.54, 1.807) is 11.7 Å². The summed E-state index contributed by atoms with van der Waals surface area (Å²) in [5.74, 6) is 4.26. The van der Waals surface area contributed by atoms with Crippen molar-refractivity contribution in [3.8, 4) is 27.0 Å². The topological polar surface area (TPSA) is 49.0 Å². The van der Waals surface area contributed by atoms with Crippen LogP contribution in [0.5, 0.6) is 5.75 Å². The number of halogens is 1. The molecule has 2 aromatic rings. The van der Waals surface area contributed by atoms with E-state index in [0.29, 0.717) is 18.9 Å². The molecule has 0 atom stereocenters. The van der Waals surface area contributed by atoms with Crippen LogP contribution in [-0.2, 0) is 13.1 Å². The Labute approximate surface area is 130 Å². The van der Waals surface area contributed by atoms with Gasteiger partial charge >= 0.3 is 5.69 Å². The van der Waals surface area contributed by atoms with Crippen molar-refractivity contribution in [2.45, 2.75) is 20.0 Å². The van der Waals surface area contributed by atoms with Gasteiger partial charge in [-0.2, -0.15) is 0 Å². The summed E-state index contributed by atoms with van der Waals surface area (Å²) in [6.07, 6.45) is 0. The van der Waals surface area contributed by atoms with Gasteiger partial charge in [-0.1, -0.05) is 5.92 Å². The molecule has 20 heavy (non-hydrogen) atoms. The molecule has 6 heteroatoms. The second kappa shape index (κ2) is 6.61. The maximum atomic E-state index is 12.2. The summed E-state index contributed by atoms with van der Waals surface area (Å²) in [7, 11) is 1.62. The molecule has 0 aliphatic heterocycles. The first-order valence-corrected chi connectivity index (χ1v) is 7.19. The second-order valence-electron chi connectivity index (χ2n) is 4.01. The van der Waals surface area contributed by atoms with Crippen LogP contribution in [0.25, 0.3) is 11.4 Å². The van der Waals surface area contributed by atoms with Crippen molar-refractivity contribution in [2.75, 3.05) is 7.11 Å². The van der Waals surface area contributed by atoms with E-state index in [9.17, 15) is 4.79 Å². The molecule has 2 rings (SSSR count). The van der Waals surface area contributed by atoms with Crippen molar-refractivity contribution in [3.63, 3.8) is 0 Å². The third-order valence-electron chi connectivity index (χ3n) is 2.88. The number of rotatable bonds is 4. The summed E-state index contributed by atoms with van der Waals surface area (Å²) in [5, 5.41) is 4.36. The van der Waals surface area contributed by atoms with Gasteiger partial charge in [0.1, 0.15) is 12.3 Å². The molecule has 0 radical (unpaired) electrons. The molecule has 0 aliphatic rings. The Kier molecular flexibility index (Phi) is 4.84. The smallest absolute Gasteiger partial charge is 0.347 e. The Hall–Kier alpha value is -1.75. The summed E-state index contributed by atoms with van der Waals surface area (Å²) in [4.78, 5) is 12.2. The van der Waals surface area contributed by atoms with Gasteiger partial charge in [-0.05, 0) is 35.1 Å². The SMILES string of the molecule is CCn1c(-c2ccc(OC)cc2)nn(CC#CI)c1=O. The van der Waals surface area contributed by atoms with Crippen LogP contribution >= 0.6 is 22.6 Å². The highest BCUT2D eigenvalue weighted by atomic mass is 127. The zero-order valence-electron chi connectivity index (χ0n) is 11.3. The van der Waals surface area contributed by atoms with E-state index >= 15 is 0 Å². The fourth-order valence-corrected chi connectivity index (χ4v) is 2.06.